The monoisotopic (exact) mass is 154 g/mol. The Morgan fingerprint density at radius 2 is 2.00 bits per heavy atom. The third-order valence-corrected chi connectivity index (χ3v) is 2.08. The first kappa shape index (κ1) is 10.4. The highest BCUT2D eigenvalue weighted by molar-refractivity contribution is 5.03. The number of hydrogen-bond donors (Lipinski definition) is 1. The molecule has 0 aromatic rings. The lowest BCUT2D eigenvalue weighted by molar-refractivity contribution is 0.455. The van der Waals surface area contributed by atoms with Crippen LogP contribution in [0.1, 0.15) is 46.0 Å². The summed E-state index contributed by atoms with van der Waals surface area (Å²) in [6, 6.07) is 2.16. The van der Waals surface area contributed by atoms with Gasteiger partial charge in [0.1, 0.15) is 5.54 Å². The molecule has 2 heteroatoms. The molecule has 0 fully saturated rings. The summed E-state index contributed by atoms with van der Waals surface area (Å²) in [4.78, 5) is 0. The number of rotatable bonds is 5. The van der Waals surface area contributed by atoms with Crippen molar-refractivity contribution < 1.29 is 0 Å². The molecule has 0 rings (SSSR count). The van der Waals surface area contributed by atoms with Crippen molar-refractivity contribution in [3.63, 3.8) is 0 Å². The van der Waals surface area contributed by atoms with Crippen molar-refractivity contribution in [1.29, 1.82) is 5.26 Å². The van der Waals surface area contributed by atoms with E-state index in [2.05, 4.69) is 13.0 Å². The van der Waals surface area contributed by atoms with Crippen molar-refractivity contribution >= 4 is 0 Å². The average molecular weight is 154 g/mol. The second-order valence-electron chi connectivity index (χ2n) is 3.08. The minimum atomic E-state index is -0.560. The summed E-state index contributed by atoms with van der Waals surface area (Å²) in [5, 5.41) is 8.71. The Hall–Kier alpha value is -0.550. The topological polar surface area (TPSA) is 49.8 Å². The van der Waals surface area contributed by atoms with E-state index < -0.39 is 5.54 Å². The maximum Gasteiger partial charge on any atom is 0.104 e. The van der Waals surface area contributed by atoms with Gasteiger partial charge in [0.2, 0.25) is 0 Å². The lowest BCUT2D eigenvalue weighted by Crippen LogP contribution is -2.36. The van der Waals surface area contributed by atoms with Crippen LogP contribution in [0.15, 0.2) is 0 Å². The summed E-state index contributed by atoms with van der Waals surface area (Å²) in [5.41, 5.74) is 5.22. The van der Waals surface area contributed by atoms with Crippen molar-refractivity contribution in [3.05, 3.63) is 0 Å². The van der Waals surface area contributed by atoms with E-state index in [0.29, 0.717) is 0 Å². The summed E-state index contributed by atoms with van der Waals surface area (Å²) in [5.74, 6) is 0. The van der Waals surface area contributed by atoms with E-state index in [-0.39, 0.29) is 0 Å². The van der Waals surface area contributed by atoms with Crippen LogP contribution < -0.4 is 5.73 Å². The quantitative estimate of drug-likeness (QED) is 0.617. The molecular weight excluding hydrogens is 136 g/mol. The molecule has 0 aliphatic rings. The van der Waals surface area contributed by atoms with E-state index in [1.165, 1.54) is 12.8 Å². The SMILES string of the molecule is CCCCCC(N)(C#N)CC. The zero-order valence-electron chi connectivity index (χ0n) is 7.56. The van der Waals surface area contributed by atoms with Crippen LogP contribution in [0.25, 0.3) is 0 Å². The van der Waals surface area contributed by atoms with Gasteiger partial charge in [-0.15, -0.1) is 0 Å². The Morgan fingerprint density at radius 1 is 1.36 bits per heavy atom. The van der Waals surface area contributed by atoms with E-state index in [0.717, 1.165) is 19.3 Å². The second kappa shape index (κ2) is 5.15. The van der Waals surface area contributed by atoms with Gasteiger partial charge >= 0.3 is 0 Å². The Morgan fingerprint density at radius 3 is 2.36 bits per heavy atom. The number of unbranched alkanes of at least 4 members (excludes halogenated alkanes) is 2. The molecule has 0 saturated heterocycles. The molecule has 1 unspecified atom stereocenters. The van der Waals surface area contributed by atoms with Gasteiger partial charge in [0.05, 0.1) is 6.07 Å². The van der Waals surface area contributed by atoms with Crippen molar-refractivity contribution in [1.82, 2.24) is 0 Å². The molecule has 0 aromatic carbocycles. The Kier molecular flexibility index (Phi) is 4.89. The van der Waals surface area contributed by atoms with Crippen LogP contribution in [0.4, 0.5) is 0 Å². The highest BCUT2D eigenvalue weighted by Crippen LogP contribution is 2.14. The molecule has 0 radical (unpaired) electrons. The summed E-state index contributed by atoms with van der Waals surface area (Å²) in [7, 11) is 0. The normalized spacial score (nSPS) is 15.5. The fraction of sp³-hybridized carbons (Fsp3) is 0.889. The van der Waals surface area contributed by atoms with Gasteiger partial charge in [-0.3, -0.25) is 0 Å². The predicted molar refractivity (Wildman–Crippen MR) is 47.0 cm³/mol. The van der Waals surface area contributed by atoms with Crippen LogP contribution in [0, 0.1) is 11.3 Å². The smallest absolute Gasteiger partial charge is 0.104 e. The molecule has 0 bridgehead atoms. The maximum absolute atomic E-state index is 8.71. The Bertz CT molecular complexity index is 137. The van der Waals surface area contributed by atoms with Gasteiger partial charge in [-0.2, -0.15) is 5.26 Å². The van der Waals surface area contributed by atoms with Crippen molar-refractivity contribution in [3.8, 4) is 6.07 Å². The fourth-order valence-electron chi connectivity index (χ4n) is 1.00. The molecule has 0 aliphatic heterocycles. The van der Waals surface area contributed by atoms with Gasteiger partial charge in [0.15, 0.2) is 0 Å². The zero-order chi connectivity index (χ0) is 8.74. The third kappa shape index (κ3) is 4.00. The second-order valence-corrected chi connectivity index (χ2v) is 3.08. The van der Waals surface area contributed by atoms with Gasteiger partial charge in [-0.1, -0.05) is 33.1 Å². The number of nitrogens with zero attached hydrogens (tertiary/aromatic N) is 1. The summed E-state index contributed by atoms with van der Waals surface area (Å²) in [6.07, 6.45) is 5.04. The van der Waals surface area contributed by atoms with E-state index in [9.17, 15) is 0 Å². The molecule has 2 nitrogen and oxygen atoms in total. The zero-order valence-corrected chi connectivity index (χ0v) is 7.56. The average Bonchev–Trinajstić information content (AvgIpc) is 2.05. The van der Waals surface area contributed by atoms with Crippen LogP contribution in [0.2, 0.25) is 0 Å². The first-order valence-electron chi connectivity index (χ1n) is 4.38. The minimum absolute atomic E-state index is 0.560. The third-order valence-electron chi connectivity index (χ3n) is 2.08. The molecule has 0 amide bonds. The van der Waals surface area contributed by atoms with E-state index in [1.807, 2.05) is 6.92 Å². The van der Waals surface area contributed by atoms with E-state index >= 15 is 0 Å². The molecule has 0 aromatic heterocycles. The molecule has 0 spiro atoms. The largest absolute Gasteiger partial charge is 0.313 e. The Labute approximate surface area is 69.4 Å². The summed E-state index contributed by atoms with van der Waals surface area (Å²) in [6.45, 7) is 4.12. The van der Waals surface area contributed by atoms with Crippen molar-refractivity contribution in [2.45, 2.75) is 51.5 Å². The Balaban J connectivity index is 3.63. The van der Waals surface area contributed by atoms with Crippen molar-refractivity contribution in [2.75, 3.05) is 0 Å². The number of hydrogen-bond acceptors (Lipinski definition) is 2. The fourth-order valence-corrected chi connectivity index (χ4v) is 1.00. The molecule has 1 atom stereocenters. The van der Waals surface area contributed by atoms with Gasteiger partial charge in [-0.05, 0) is 12.8 Å². The molecule has 0 heterocycles. The summed E-state index contributed by atoms with van der Waals surface area (Å²) < 4.78 is 0. The van der Waals surface area contributed by atoms with E-state index in [4.69, 9.17) is 11.0 Å². The predicted octanol–water partition coefficient (Wildman–Crippen LogP) is 2.20. The van der Waals surface area contributed by atoms with Gasteiger partial charge in [0.25, 0.3) is 0 Å². The standard InChI is InChI=1S/C9H18N2/c1-3-5-6-7-9(11,4-2)8-10/h3-7,11H2,1-2H3. The first-order valence-corrected chi connectivity index (χ1v) is 4.38. The molecule has 64 valence electrons. The number of nitriles is 1. The lowest BCUT2D eigenvalue weighted by Gasteiger charge is -2.18. The molecule has 0 aliphatic carbocycles. The van der Waals surface area contributed by atoms with Crippen LogP contribution >= 0.6 is 0 Å². The summed E-state index contributed by atoms with van der Waals surface area (Å²) >= 11 is 0. The lowest BCUT2D eigenvalue weighted by atomic mass is 9.92. The van der Waals surface area contributed by atoms with Gasteiger partial charge in [0, 0.05) is 0 Å². The highest BCUT2D eigenvalue weighted by atomic mass is 14.7. The molecular formula is C9H18N2. The van der Waals surface area contributed by atoms with Crippen LogP contribution in [-0.4, -0.2) is 5.54 Å². The van der Waals surface area contributed by atoms with Crippen molar-refractivity contribution in [2.24, 2.45) is 5.73 Å². The van der Waals surface area contributed by atoms with Crippen LogP contribution in [0.3, 0.4) is 0 Å². The number of nitrogens with two attached hydrogens (primary N) is 1. The van der Waals surface area contributed by atoms with Gasteiger partial charge < -0.3 is 5.73 Å². The molecule has 2 N–H and O–H groups in total. The highest BCUT2D eigenvalue weighted by Gasteiger charge is 2.20. The van der Waals surface area contributed by atoms with Crippen LogP contribution in [-0.2, 0) is 0 Å². The molecule has 11 heavy (non-hydrogen) atoms. The van der Waals surface area contributed by atoms with Gasteiger partial charge in [-0.25, -0.2) is 0 Å². The minimum Gasteiger partial charge on any atom is -0.313 e. The van der Waals surface area contributed by atoms with E-state index in [1.54, 1.807) is 0 Å². The first-order chi connectivity index (χ1) is 5.18. The molecule has 0 saturated carbocycles. The maximum atomic E-state index is 8.71. The van der Waals surface area contributed by atoms with Crippen LogP contribution in [0.5, 0.6) is 0 Å².